The van der Waals surface area contributed by atoms with E-state index in [0.29, 0.717) is 18.7 Å². The van der Waals surface area contributed by atoms with E-state index in [0.717, 1.165) is 23.0 Å². The minimum absolute atomic E-state index is 0.0269. The Morgan fingerprint density at radius 2 is 1.94 bits per heavy atom. The number of ether oxygens (including phenoxy) is 1. The molecule has 2 heterocycles. The van der Waals surface area contributed by atoms with E-state index in [4.69, 9.17) is 9.72 Å². The molecule has 0 unspecified atom stereocenters. The molecular formula is C26H28FN3O3. The first-order valence-corrected chi connectivity index (χ1v) is 11.3. The van der Waals surface area contributed by atoms with Crippen molar-refractivity contribution in [3.63, 3.8) is 0 Å². The van der Waals surface area contributed by atoms with E-state index >= 15 is 0 Å². The summed E-state index contributed by atoms with van der Waals surface area (Å²) in [5.41, 5.74) is 2.19. The van der Waals surface area contributed by atoms with Gasteiger partial charge in [0.15, 0.2) is 11.6 Å². The van der Waals surface area contributed by atoms with Gasteiger partial charge in [-0.25, -0.2) is 4.39 Å². The lowest BCUT2D eigenvalue weighted by atomic mass is 9.99. The number of halogens is 1. The zero-order chi connectivity index (χ0) is 23.4. The number of fused-ring (bicyclic) bond motifs is 1. The lowest BCUT2D eigenvalue weighted by Crippen LogP contribution is -2.31. The molecule has 2 amide bonds. The average molecular weight is 450 g/mol. The molecule has 1 N–H and O–H groups in total. The quantitative estimate of drug-likeness (QED) is 0.584. The number of amides is 2. The number of nitrogens with zero attached hydrogens (tertiary/aromatic N) is 2. The smallest absolute Gasteiger partial charge is 0.252 e. The number of likely N-dealkylation sites (tertiary alicyclic amines) is 1. The first-order chi connectivity index (χ1) is 15.9. The zero-order valence-corrected chi connectivity index (χ0v) is 18.9. The van der Waals surface area contributed by atoms with Gasteiger partial charge >= 0.3 is 0 Å². The number of aromatic nitrogens is 1. The maximum atomic E-state index is 13.7. The van der Waals surface area contributed by atoms with E-state index in [1.165, 1.54) is 6.07 Å². The Morgan fingerprint density at radius 1 is 1.18 bits per heavy atom. The summed E-state index contributed by atoms with van der Waals surface area (Å²) in [4.78, 5) is 32.1. The Hall–Kier alpha value is -3.48. The van der Waals surface area contributed by atoms with E-state index in [9.17, 15) is 14.0 Å². The van der Waals surface area contributed by atoms with Crippen LogP contribution in [0.5, 0.6) is 5.75 Å². The van der Waals surface area contributed by atoms with Crippen molar-refractivity contribution in [1.82, 2.24) is 15.2 Å². The number of para-hydroxylation sites is 2. The van der Waals surface area contributed by atoms with Gasteiger partial charge in [0.25, 0.3) is 5.91 Å². The second-order valence-corrected chi connectivity index (χ2v) is 8.59. The third kappa shape index (κ3) is 5.30. The highest BCUT2D eigenvalue weighted by atomic mass is 19.1. The summed E-state index contributed by atoms with van der Waals surface area (Å²) in [6.07, 6.45) is 0.949. The highest BCUT2D eigenvalue weighted by molar-refractivity contribution is 6.06. The highest BCUT2D eigenvalue weighted by Gasteiger charge is 2.29. The van der Waals surface area contributed by atoms with Crippen molar-refractivity contribution in [2.45, 2.75) is 38.6 Å². The predicted octanol–water partition coefficient (Wildman–Crippen LogP) is 4.30. The lowest BCUT2D eigenvalue weighted by Gasteiger charge is -2.18. The number of carbonyl (C=O) groups excluding carboxylic acids is 2. The molecule has 0 bridgehead atoms. The van der Waals surface area contributed by atoms with Gasteiger partial charge in [0.2, 0.25) is 5.91 Å². The van der Waals surface area contributed by atoms with Crippen LogP contribution >= 0.6 is 0 Å². The van der Waals surface area contributed by atoms with Crippen molar-refractivity contribution in [2.75, 3.05) is 19.7 Å². The van der Waals surface area contributed by atoms with Crippen molar-refractivity contribution in [3.8, 4) is 5.75 Å². The molecule has 172 valence electrons. The summed E-state index contributed by atoms with van der Waals surface area (Å²) < 4.78 is 19.1. The van der Waals surface area contributed by atoms with Gasteiger partial charge in [-0.2, -0.15) is 0 Å². The van der Waals surface area contributed by atoms with Crippen molar-refractivity contribution in [3.05, 3.63) is 71.7 Å². The third-order valence-electron chi connectivity index (χ3n) is 5.77. The predicted molar refractivity (Wildman–Crippen MR) is 125 cm³/mol. The Labute approximate surface area is 192 Å². The average Bonchev–Trinajstić information content (AvgIpc) is 3.29. The Bertz CT molecular complexity index is 1160. The first-order valence-electron chi connectivity index (χ1n) is 11.3. The highest BCUT2D eigenvalue weighted by Crippen LogP contribution is 2.30. The van der Waals surface area contributed by atoms with Crippen LogP contribution in [0.4, 0.5) is 4.39 Å². The fourth-order valence-electron chi connectivity index (χ4n) is 4.13. The third-order valence-corrected chi connectivity index (χ3v) is 5.77. The minimum Gasteiger partial charge on any atom is -0.490 e. The SMILES string of the molecule is CC(C)NC(=O)c1cc([C@@H]2CCN(C(=O)CCOc3ccccc3F)C2)nc2ccccc12. The van der Waals surface area contributed by atoms with Crippen LogP contribution in [0.2, 0.25) is 0 Å². The van der Waals surface area contributed by atoms with Crippen molar-refractivity contribution in [2.24, 2.45) is 0 Å². The van der Waals surface area contributed by atoms with Gasteiger partial charge < -0.3 is 15.0 Å². The van der Waals surface area contributed by atoms with Crippen molar-refractivity contribution in [1.29, 1.82) is 0 Å². The largest absolute Gasteiger partial charge is 0.490 e. The maximum absolute atomic E-state index is 13.7. The molecule has 33 heavy (non-hydrogen) atoms. The van der Waals surface area contributed by atoms with Crippen LogP contribution in [-0.2, 0) is 4.79 Å². The van der Waals surface area contributed by atoms with Gasteiger partial charge in [0.1, 0.15) is 0 Å². The minimum atomic E-state index is -0.439. The van der Waals surface area contributed by atoms with Crippen LogP contribution < -0.4 is 10.1 Å². The molecule has 1 atom stereocenters. The Morgan fingerprint density at radius 3 is 2.73 bits per heavy atom. The van der Waals surface area contributed by atoms with E-state index < -0.39 is 5.82 Å². The molecule has 1 aromatic heterocycles. The lowest BCUT2D eigenvalue weighted by molar-refractivity contribution is -0.130. The summed E-state index contributed by atoms with van der Waals surface area (Å²) in [6, 6.07) is 15.7. The summed E-state index contributed by atoms with van der Waals surface area (Å²) in [5.74, 6) is -0.395. The van der Waals surface area contributed by atoms with Gasteiger partial charge in [-0.1, -0.05) is 30.3 Å². The number of nitrogens with one attached hydrogen (secondary N) is 1. The zero-order valence-electron chi connectivity index (χ0n) is 18.9. The summed E-state index contributed by atoms with van der Waals surface area (Å²) in [6.45, 7) is 5.13. The van der Waals surface area contributed by atoms with E-state index in [1.807, 2.05) is 44.2 Å². The first kappa shape index (κ1) is 22.7. The van der Waals surface area contributed by atoms with Crippen LogP contribution in [0, 0.1) is 5.82 Å². The molecular weight excluding hydrogens is 421 g/mol. The van der Waals surface area contributed by atoms with Crippen molar-refractivity contribution < 1.29 is 18.7 Å². The number of rotatable bonds is 7. The molecule has 6 nitrogen and oxygen atoms in total. The standard InChI is InChI=1S/C26H28FN3O3/c1-17(2)28-26(32)20-15-23(29-22-9-5-3-7-19(20)22)18-11-13-30(16-18)25(31)12-14-33-24-10-6-4-8-21(24)27/h3-10,15,17-18H,11-14,16H2,1-2H3,(H,28,32)/t18-/m1/s1. The second kappa shape index (κ2) is 9.98. The van der Waals surface area contributed by atoms with Crippen molar-refractivity contribution >= 4 is 22.7 Å². The molecule has 0 spiro atoms. The monoisotopic (exact) mass is 449 g/mol. The Balaban J connectivity index is 1.44. The molecule has 1 fully saturated rings. The molecule has 0 aliphatic carbocycles. The number of benzene rings is 2. The fourth-order valence-corrected chi connectivity index (χ4v) is 4.13. The molecule has 2 aromatic carbocycles. The number of hydrogen-bond acceptors (Lipinski definition) is 4. The van der Waals surface area contributed by atoms with Crippen LogP contribution in [0.3, 0.4) is 0 Å². The van der Waals surface area contributed by atoms with Crippen LogP contribution in [-0.4, -0.2) is 47.4 Å². The molecule has 7 heteroatoms. The maximum Gasteiger partial charge on any atom is 0.252 e. The van der Waals surface area contributed by atoms with Gasteiger partial charge in [-0.05, 0) is 44.5 Å². The van der Waals surface area contributed by atoms with Gasteiger partial charge in [0, 0.05) is 36.1 Å². The fraction of sp³-hybridized carbons (Fsp3) is 0.346. The summed E-state index contributed by atoms with van der Waals surface area (Å²) in [7, 11) is 0. The van der Waals surface area contributed by atoms with Gasteiger partial charge in [-0.15, -0.1) is 0 Å². The van der Waals surface area contributed by atoms with Gasteiger partial charge in [-0.3, -0.25) is 14.6 Å². The van der Waals surface area contributed by atoms with E-state index in [1.54, 1.807) is 23.1 Å². The molecule has 1 aliphatic rings. The Kier molecular flexibility index (Phi) is 6.87. The van der Waals surface area contributed by atoms with Crippen LogP contribution in [0.1, 0.15) is 48.7 Å². The number of carbonyl (C=O) groups is 2. The van der Waals surface area contributed by atoms with E-state index in [2.05, 4.69) is 5.32 Å². The molecule has 1 aliphatic heterocycles. The molecule has 3 aromatic rings. The number of pyridine rings is 1. The van der Waals surface area contributed by atoms with Crippen LogP contribution in [0.15, 0.2) is 54.6 Å². The van der Waals surface area contributed by atoms with E-state index in [-0.39, 0.29) is 42.6 Å². The molecule has 1 saturated heterocycles. The second-order valence-electron chi connectivity index (χ2n) is 8.59. The molecule has 0 radical (unpaired) electrons. The van der Waals surface area contributed by atoms with Crippen LogP contribution in [0.25, 0.3) is 10.9 Å². The topological polar surface area (TPSA) is 71.5 Å². The molecule has 4 rings (SSSR count). The summed E-state index contributed by atoms with van der Waals surface area (Å²) in [5, 5.41) is 3.78. The summed E-state index contributed by atoms with van der Waals surface area (Å²) >= 11 is 0. The molecule has 0 saturated carbocycles. The van der Waals surface area contributed by atoms with Gasteiger partial charge in [0.05, 0.1) is 24.1 Å². The number of hydrogen-bond donors (Lipinski definition) is 1. The normalized spacial score (nSPS) is 15.8.